The summed E-state index contributed by atoms with van der Waals surface area (Å²) in [6.45, 7) is 3.68. The van der Waals surface area contributed by atoms with Gasteiger partial charge in [-0.3, -0.25) is 4.79 Å². The summed E-state index contributed by atoms with van der Waals surface area (Å²) >= 11 is 0. The van der Waals surface area contributed by atoms with Gasteiger partial charge in [-0.15, -0.1) is 0 Å². The van der Waals surface area contributed by atoms with Gasteiger partial charge in [0.05, 0.1) is 0 Å². The summed E-state index contributed by atoms with van der Waals surface area (Å²) in [4.78, 5) is 12.2. The van der Waals surface area contributed by atoms with Gasteiger partial charge in [0.15, 0.2) is 5.78 Å². The molecule has 0 radical (unpaired) electrons. The highest BCUT2D eigenvalue weighted by Crippen LogP contribution is 2.23. The number of carbonyl (C=O) groups excluding carboxylic acids is 1. The second kappa shape index (κ2) is 6.05. The van der Waals surface area contributed by atoms with Crippen LogP contribution in [0.15, 0.2) is 18.2 Å². The standard InChI is InChI=1S/C14H18F2O2/c1-4-14(5-2,18-3)13(17)9-10-8-11(15)6-7-12(10)16/h6-8H,4-5,9H2,1-3H3. The zero-order chi connectivity index (χ0) is 13.8. The van der Waals surface area contributed by atoms with E-state index in [-0.39, 0.29) is 17.8 Å². The maximum atomic E-state index is 13.5. The first-order chi connectivity index (χ1) is 8.49. The van der Waals surface area contributed by atoms with Crippen molar-refractivity contribution in [2.24, 2.45) is 0 Å². The Labute approximate surface area is 106 Å². The molecular weight excluding hydrogens is 238 g/mol. The third-order valence-corrected chi connectivity index (χ3v) is 3.40. The third-order valence-electron chi connectivity index (χ3n) is 3.40. The third kappa shape index (κ3) is 2.93. The van der Waals surface area contributed by atoms with Crippen molar-refractivity contribution in [3.63, 3.8) is 0 Å². The molecule has 4 heteroatoms. The Balaban J connectivity index is 2.96. The Hall–Kier alpha value is -1.29. The van der Waals surface area contributed by atoms with E-state index in [1.54, 1.807) is 0 Å². The van der Waals surface area contributed by atoms with Gasteiger partial charge in [0.1, 0.15) is 17.2 Å². The predicted octanol–water partition coefficient (Wildman–Crippen LogP) is 3.28. The molecule has 0 spiro atoms. The fraction of sp³-hybridized carbons (Fsp3) is 0.500. The Morgan fingerprint density at radius 1 is 1.28 bits per heavy atom. The average molecular weight is 256 g/mol. The van der Waals surface area contributed by atoms with Crippen molar-refractivity contribution in [2.75, 3.05) is 7.11 Å². The Bertz CT molecular complexity index is 418. The summed E-state index contributed by atoms with van der Waals surface area (Å²) in [5.41, 5.74) is -0.831. The molecule has 1 aromatic rings. The van der Waals surface area contributed by atoms with E-state index < -0.39 is 17.2 Å². The van der Waals surface area contributed by atoms with Gasteiger partial charge < -0.3 is 4.74 Å². The van der Waals surface area contributed by atoms with E-state index in [1.165, 1.54) is 7.11 Å². The number of rotatable bonds is 6. The highest BCUT2D eigenvalue weighted by atomic mass is 19.1. The zero-order valence-electron chi connectivity index (χ0n) is 10.9. The highest BCUT2D eigenvalue weighted by Gasteiger charge is 2.34. The maximum absolute atomic E-state index is 13.5. The second-order valence-electron chi connectivity index (χ2n) is 4.24. The van der Waals surface area contributed by atoms with E-state index in [0.29, 0.717) is 12.8 Å². The lowest BCUT2D eigenvalue weighted by atomic mass is 9.88. The molecule has 0 fully saturated rings. The van der Waals surface area contributed by atoms with Crippen molar-refractivity contribution in [1.82, 2.24) is 0 Å². The number of benzene rings is 1. The van der Waals surface area contributed by atoms with Gasteiger partial charge in [0.25, 0.3) is 0 Å². The normalized spacial score (nSPS) is 11.6. The highest BCUT2D eigenvalue weighted by molar-refractivity contribution is 5.89. The molecule has 0 saturated carbocycles. The lowest BCUT2D eigenvalue weighted by Gasteiger charge is -2.28. The molecule has 0 bridgehead atoms. The Kier molecular flexibility index (Phi) is 4.96. The number of ketones is 1. The van der Waals surface area contributed by atoms with Crippen LogP contribution in [-0.2, 0) is 16.0 Å². The molecule has 1 aromatic carbocycles. The summed E-state index contributed by atoms with van der Waals surface area (Å²) in [5.74, 6) is -1.34. The predicted molar refractivity (Wildman–Crippen MR) is 65.4 cm³/mol. The van der Waals surface area contributed by atoms with Crippen LogP contribution in [0.4, 0.5) is 8.78 Å². The van der Waals surface area contributed by atoms with Gasteiger partial charge in [-0.05, 0) is 36.6 Å². The van der Waals surface area contributed by atoms with Crippen molar-refractivity contribution in [2.45, 2.75) is 38.7 Å². The average Bonchev–Trinajstić information content (AvgIpc) is 2.37. The number of halogens is 2. The zero-order valence-corrected chi connectivity index (χ0v) is 10.9. The van der Waals surface area contributed by atoms with E-state index in [0.717, 1.165) is 18.2 Å². The van der Waals surface area contributed by atoms with E-state index in [2.05, 4.69) is 0 Å². The number of methoxy groups -OCH3 is 1. The van der Waals surface area contributed by atoms with E-state index in [4.69, 9.17) is 4.74 Å². The summed E-state index contributed by atoms with van der Waals surface area (Å²) < 4.78 is 31.8. The number of carbonyl (C=O) groups is 1. The summed E-state index contributed by atoms with van der Waals surface area (Å²) in [6, 6.07) is 3.12. The lowest BCUT2D eigenvalue weighted by molar-refractivity contribution is -0.141. The van der Waals surface area contributed by atoms with Gasteiger partial charge in [-0.25, -0.2) is 8.78 Å². The fourth-order valence-electron chi connectivity index (χ4n) is 2.06. The summed E-state index contributed by atoms with van der Waals surface area (Å²) in [5, 5.41) is 0. The Morgan fingerprint density at radius 2 is 1.89 bits per heavy atom. The molecule has 100 valence electrons. The SMILES string of the molecule is CCC(CC)(OC)C(=O)Cc1cc(F)ccc1F. The largest absolute Gasteiger partial charge is 0.370 e. The smallest absolute Gasteiger partial charge is 0.169 e. The van der Waals surface area contributed by atoms with Gasteiger partial charge in [0, 0.05) is 13.5 Å². The number of hydrogen-bond donors (Lipinski definition) is 0. The van der Waals surface area contributed by atoms with Crippen LogP contribution in [0.2, 0.25) is 0 Å². The minimum absolute atomic E-state index is 0.0725. The monoisotopic (exact) mass is 256 g/mol. The first-order valence-electron chi connectivity index (χ1n) is 6.01. The lowest BCUT2D eigenvalue weighted by Crippen LogP contribution is -2.40. The minimum Gasteiger partial charge on any atom is -0.370 e. The Morgan fingerprint density at radius 3 is 2.39 bits per heavy atom. The molecule has 0 atom stereocenters. The molecule has 0 aliphatic heterocycles. The molecule has 0 heterocycles. The molecule has 0 aliphatic rings. The van der Waals surface area contributed by atoms with Crippen LogP contribution >= 0.6 is 0 Å². The molecule has 0 aliphatic carbocycles. The molecule has 0 unspecified atom stereocenters. The molecule has 0 N–H and O–H groups in total. The van der Waals surface area contributed by atoms with Crippen molar-refractivity contribution in [3.8, 4) is 0 Å². The van der Waals surface area contributed by atoms with E-state index in [9.17, 15) is 13.6 Å². The second-order valence-corrected chi connectivity index (χ2v) is 4.24. The topological polar surface area (TPSA) is 26.3 Å². The number of hydrogen-bond acceptors (Lipinski definition) is 2. The van der Waals surface area contributed by atoms with Crippen LogP contribution in [0.3, 0.4) is 0 Å². The summed E-state index contributed by atoms with van der Waals surface area (Å²) in [6.07, 6.45) is 0.866. The van der Waals surface area contributed by atoms with Crippen molar-refractivity contribution >= 4 is 5.78 Å². The van der Waals surface area contributed by atoms with Crippen LogP contribution in [0.1, 0.15) is 32.3 Å². The van der Waals surface area contributed by atoms with Gasteiger partial charge in [-0.1, -0.05) is 13.8 Å². The van der Waals surface area contributed by atoms with Gasteiger partial charge >= 0.3 is 0 Å². The van der Waals surface area contributed by atoms with Crippen LogP contribution in [0.5, 0.6) is 0 Å². The van der Waals surface area contributed by atoms with Crippen molar-refractivity contribution in [1.29, 1.82) is 0 Å². The molecule has 0 saturated heterocycles. The van der Waals surface area contributed by atoms with Crippen LogP contribution in [-0.4, -0.2) is 18.5 Å². The molecule has 18 heavy (non-hydrogen) atoms. The summed E-state index contributed by atoms with van der Waals surface area (Å²) in [7, 11) is 1.47. The van der Waals surface area contributed by atoms with E-state index >= 15 is 0 Å². The number of ether oxygens (including phenoxy) is 1. The first-order valence-corrected chi connectivity index (χ1v) is 6.01. The van der Waals surface area contributed by atoms with Crippen molar-refractivity contribution < 1.29 is 18.3 Å². The van der Waals surface area contributed by atoms with Crippen LogP contribution in [0, 0.1) is 11.6 Å². The maximum Gasteiger partial charge on any atom is 0.169 e. The minimum atomic E-state index is -0.904. The van der Waals surface area contributed by atoms with Gasteiger partial charge in [0.2, 0.25) is 0 Å². The number of Topliss-reactive ketones (excluding diaryl/α,β-unsaturated/α-hetero) is 1. The molecule has 1 rings (SSSR count). The molecular formula is C14H18F2O2. The molecule has 2 nitrogen and oxygen atoms in total. The molecule has 0 aromatic heterocycles. The first kappa shape index (κ1) is 14.8. The van der Waals surface area contributed by atoms with Crippen LogP contribution < -0.4 is 0 Å². The van der Waals surface area contributed by atoms with Gasteiger partial charge in [-0.2, -0.15) is 0 Å². The quantitative estimate of drug-likeness (QED) is 0.780. The van der Waals surface area contributed by atoms with Crippen LogP contribution in [0.25, 0.3) is 0 Å². The van der Waals surface area contributed by atoms with Crippen molar-refractivity contribution in [3.05, 3.63) is 35.4 Å². The van der Waals surface area contributed by atoms with E-state index in [1.807, 2.05) is 13.8 Å². The fourth-order valence-corrected chi connectivity index (χ4v) is 2.06. The molecule has 0 amide bonds.